The molecule has 0 aromatic rings. The second-order valence-corrected chi connectivity index (χ2v) is 4.42. The highest BCUT2D eigenvalue weighted by molar-refractivity contribution is 4.87. The molecule has 1 aliphatic rings. The molecule has 1 fully saturated rings. The van der Waals surface area contributed by atoms with Crippen LogP contribution in [-0.2, 0) is 0 Å². The standard InChI is InChI=1S/C12H22N2/c1-4-8-13-9-11(2)14(3)10-12-6-5-7-12/h1,11-13H,5-10H2,2-3H3. The van der Waals surface area contributed by atoms with Gasteiger partial charge in [-0.2, -0.15) is 0 Å². The molecule has 14 heavy (non-hydrogen) atoms. The Labute approximate surface area is 88.1 Å². The van der Waals surface area contributed by atoms with Crippen molar-refractivity contribution in [2.75, 3.05) is 26.7 Å². The molecule has 0 saturated heterocycles. The van der Waals surface area contributed by atoms with Crippen LogP contribution < -0.4 is 5.32 Å². The molecule has 0 aromatic heterocycles. The van der Waals surface area contributed by atoms with Crippen LogP contribution in [0.2, 0.25) is 0 Å². The Bertz CT molecular complexity index is 191. The number of nitrogens with one attached hydrogen (secondary N) is 1. The van der Waals surface area contributed by atoms with Crippen LogP contribution in [-0.4, -0.2) is 37.6 Å². The summed E-state index contributed by atoms with van der Waals surface area (Å²) in [7, 11) is 2.21. The van der Waals surface area contributed by atoms with Gasteiger partial charge in [0.2, 0.25) is 0 Å². The van der Waals surface area contributed by atoms with Crippen LogP contribution in [0.1, 0.15) is 26.2 Å². The molecule has 1 unspecified atom stereocenters. The highest BCUT2D eigenvalue weighted by atomic mass is 15.1. The van der Waals surface area contributed by atoms with Crippen molar-refractivity contribution >= 4 is 0 Å². The molecule has 2 heteroatoms. The Morgan fingerprint density at radius 1 is 1.57 bits per heavy atom. The topological polar surface area (TPSA) is 15.3 Å². The lowest BCUT2D eigenvalue weighted by Crippen LogP contribution is -2.41. The van der Waals surface area contributed by atoms with Crippen molar-refractivity contribution in [1.82, 2.24) is 10.2 Å². The van der Waals surface area contributed by atoms with E-state index >= 15 is 0 Å². The molecular weight excluding hydrogens is 172 g/mol. The smallest absolute Gasteiger partial charge is 0.0574 e. The largest absolute Gasteiger partial charge is 0.305 e. The first-order valence-electron chi connectivity index (χ1n) is 5.58. The Hall–Kier alpha value is -0.520. The Morgan fingerprint density at radius 3 is 2.79 bits per heavy atom. The highest BCUT2D eigenvalue weighted by Gasteiger charge is 2.20. The van der Waals surface area contributed by atoms with E-state index in [-0.39, 0.29) is 0 Å². The minimum atomic E-state index is 0.587. The van der Waals surface area contributed by atoms with Crippen molar-refractivity contribution in [3.05, 3.63) is 0 Å². The number of rotatable bonds is 6. The summed E-state index contributed by atoms with van der Waals surface area (Å²) < 4.78 is 0. The third-order valence-electron chi connectivity index (χ3n) is 3.19. The molecule has 1 saturated carbocycles. The molecule has 0 heterocycles. The molecule has 1 N–H and O–H groups in total. The van der Waals surface area contributed by atoms with Gasteiger partial charge in [0.25, 0.3) is 0 Å². The van der Waals surface area contributed by atoms with E-state index in [1.807, 2.05) is 0 Å². The van der Waals surface area contributed by atoms with E-state index in [1.54, 1.807) is 0 Å². The minimum Gasteiger partial charge on any atom is -0.305 e. The van der Waals surface area contributed by atoms with Crippen molar-refractivity contribution in [2.24, 2.45) is 5.92 Å². The van der Waals surface area contributed by atoms with Crippen molar-refractivity contribution in [3.8, 4) is 12.3 Å². The third-order valence-corrected chi connectivity index (χ3v) is 3.19. The molecule has 0 aromatic carbocycles. The zero-order valence-corrected chi connectivity index (χ0v) is 9.42. The van der Waals surface area contributed by atoms with Crippen LogP contribution >= 0.6 is 0 Å². The summed E-state index contributed by atoms with van der Waals surface area (Å²) in [5.74, 6) is 3.55. The van der Waals surface area contributed by atoms with Crippen LogP contribution in [0.15, 0.2) is 0 Å². The molecular formula is C12H22N2. The van der Waals surface area contributed by atoms with Gasteiger partial charge >= 0.3 is 0 Å². The lowest BCUT2D eigenvalue weighted by molar-refractivity contribution is 0.168. The fourth-order valence-electron chi connectivity index (χ4n) is 1.77. The molecule has 0 spiro atoms. The molecule has 0 radical (unpaired) electrons. The average Bonchev–Trinajstić information content (AvgIpc) is 2.11. The van der Waals surface area contributed by atoms with Gasteiger partial charge in [0, 0.05) is 19.1 Å². The Morgan fingerprint density at radius 2 is 2.29 bits per heavy atom. The van der Waals surface area contributed by atoms with Crippen LogP contribution in [0.25, 0.3) is 0 Å². The highest BCUT2D eigenvalue weighted by Crippen LogP contribution is 2.27. The van der Waals surface area contributed by atoms with E-state index in [2.05, 4.69) is 30.1 Å². The average molecular weight is 194 g/mol. The first-order valence-corrected chi connectivity index (χ1v) is 5.58. The second-order valence-electron chi connectivity index (χ2n) is 4.42. The van der Waals surface area contributed by atoms with Crippen LogP contribution in [0, 0.1) is 18.3 Å². The first-order chi connectivity index (χ1) is 6.74. The van der Waals surface area contributed by atoms with E-state index in [4.69, 9.17) is 6.42 Å². The third kappa shape index (κ3) is 3.69. The van der Waals surface area contributed by atoms with Crippen molar-refractivity contribution in [1.29, 1.82) is 0 Å². The van der Waals surface area contributed by atoms with Crippen molar-refractivity contribution in [2.45, 2.75) is 32.2 Å². The lowest BCUT2D eigenvalue weighted by Gasteiger charge is -2.33. The quantitative estimate of drug-likeness (QED) is 0.507. The Balaban J connectivity index is 2.08. The maximum absolute atomic E-state index is 5.18. The van der Waals surface area contributed by atoms with Gasteiger partial charge in [-0.15, -0.1) is 6.42 Å². The Kier molecular flexibility index (Phi) is 5.00. The number of nitrogens with zero attached hydrogens (tertiary/aromatic N) is 1. The van der Waals surface area contributed by atoms with E-state index in [0.717, 1.165) is 12.5 Å². The van der Waals surface area contributed by atoms with E-state index in [9.17, 15) is 0 Å². The van der Waals surface area contributed by atoms with Gasteiger partial charge in [-0.1, -0.05) is 12.3 Å². The number of likely N-dealkylation sites (N-methyl/N-ethyl adjacent to an activating group) is 1. The molecule has 2 nitrogen and oxygen atoms in total. The second kappa shape index (κ2) is 6.06. The molecule has 1 rings (SSSR count). The van der Waals surface area contributed by atoms with Gasteiger partial charge in [-0.25, -0.2) is 0 Å². The zero-order valence-electron chi connectivity index (χ0n) is 9.42. The monoisotopic (exact) mass is 194 g/mol. The maximum Gasteiger partial charge on any atom is 0.0574 e. The van der Waals surface area contributed by atoms with Gasteiger partial charge in [-0.05, 0) is 32.7 Å². The first kappa shape index (κ1) is 11.6. The van der Waals surface area contributed by atoms with E-state index in [1.165, 1.54) is 25.8 Å². The number of hydrogen-bond donors (Lipinski definition) is 1. The van der Waals surface area contributed by atoms with Gasteiger partial charge < -0.3 is 10.2 Å². The molecule has 0 amide bonds. The summed E-state index contributed by atoms with van der Waals surface area (Å²) in [6.07, 6.45) is 9.46. The SMILES string of the molecule is C#CCNCC(C)N(C)CC1CCC1. The van der Waals surface area contributed by atoms with E-state index in [0.29, 0.717) is 12.6 Å². The number of terminal acetylenes is 1. The van der Waals surface area contributed by atoms with Crippen molar-refractivity contribution < 1.29 is 0 Å². The summed E-state index contributed by atoms with van der Waals surface area (Å²) in [4.78, 5) is 2.44. The van der Waals surface area contributed by atoms with Gasteiger partial charge in [0.15, 0.2) is 0 Å². The minimum absolute atomic E-state index is 0.587. The van der Waals surface area contributed by atoms with Gasteiger partial charge in [-0.3, -0.25) is 0 Å². The predicted octanol–water partition coefficient (Wildman–Crippen LogP) is 1.33. The van der Waals surface area contributed by atoms with Crippen LogP contribution in [0.5, 0.6) is 0 Å². The summed E-state index contributed by atoms with van der Waals surface area (Å²) in [5, 5.41) is 3.25. The van der Waals surface area contributed by atoms with Crippen LogP contribution in [0.3, 0.4) is 0 Å². The number of hydrogen-bond acceptors (Lipinski definition) is 2. The predicted molar refractivity (Wildman–Crippen MR) is 61.1 cm³/mol. The summed E-state index contributed by atoms with van der Waals surface area (Å²) in [6, 6.07) is 0.587. The molecule has 0 aliphatic heterocycles. The molecule has 0 bridgehead atoms. The van der Waals surface area contributed by atoms with Gasteiger partial charge in [0.1, 0.15) is 0 Å². The van der Waals surface area contributed by atoms with Gasteiger partial charge in [0.05, 0.1) is 6.54 Å². The fourth-order valence-corrected chi connectivity index (χ4v) is 1.77. The van der Waals surface area contributed by atoms with E-state index < -0.39 is 0 Å². The maximum atomic E-state index is 5.18. The summed E-state index contributed by atoms with van der Waals surface area (Å²) >= 11 is 0. The summed E-state index contributed by atoms with van der Waals surface area (Å²) in [5.41, 5.74) is 0. The normalized spacial score (nSPS) is 19.0. The molecule has 80 valence electrons. The fraction of sp³-hybridized carbons (Fsp3) is 0.833. The lowest BCUT2D eigenvalue weighted by atomic mass is 9.85. The summed E-state index contributed by atoms with van der Waals surface area (Å²) in [6.45, 7) is 5.18. The zero-order chi connectivity index (χ0) is 10.4. The molecule has 1 aliphatic carbocycles. The molecule has 1 atom stereocenters. The van der Waals surface area contributed by atoms with Crippen LogP contribution in [0.4, 0.5) is 0 Å². The van der Waals surface area contributed by atoms with Crippen molar-refractivity contribution in [3.63, 3.8) is 0 Å².